The van der Waals surface area contributed by atoms with Crippen molar-refractivity contribution in [1.29, 1.82) is 0 Å². The molecule has 1 amide bonds. The SMILES string of the molecule is CN1CCC(CC(=O)NCCSCc2ccccc2F)CC1. The van der Waals surface area contributed by atoms with Gasteiger partial charge in [-0.3, -0.25) is 4.79 Å². The Morgan fingerprint density at radius 3 is 2.82 bits per heavy atom. The summed E-state index contributed by atoms with van der Waals surface area (Å²) in [5.74, 6) is 2.00. The van der Waals surface area contributed by atoms with Crippen LogP contribution in [0.1, 0.15) is 24.8 Å². The zero-order valence-electron chi connectivity index (χ0n) is 13.2. The Morgan fingerprint density at radius 1 is 1.36 bits per heavy atom. The second-order valence-corrected chi connectivity index (χ2v) is 7.05. The number of amides is 1. The summed E-state index contributed by atoms with van der Waals surface area (Å²) in [5, 5.41) is 2.97. The summed E-state index contributed by atoms with van der Waals surface area (Å²) >= 11 is 1.65. The van der Waals surface area contributed by atoms with Crippen LogP contribution in [0.4, 0.5) is 4.39 Å². The molecule has 0 spiro atoms. The summed E-state index contributed by atoms with van der Waals surface area (Å²) < 4.78 is 13.4. The number of piperidine rings is 1. The van der Waals surface area contributed by atoms with Crippen LogP contribution in [0.3, 0.4) is 0 Å². The largest absolute Gasteiger partial charge is 0.355 e. The lowest BCUT2D eigenvalue weighted by Crippen LogP contribution is -2.34. The molecule has 0 radical (unpaired) electrons. The van der Waals surface area contributed by atoms with E-state index in [1.807, 2.05) is 6.07 Å². The number of carbonyl (C=O) groups is 1. The van der Waals surface area contributed by atoms with Crippen molar-refractivity contribution in [3.05, 3.63) is 35.6 Å². The smallest absolute Gasteiger partial charge is 0.220 e. The highest BCUT2D eigenvalue weighted by Crippen LogP contribution is 2.19. The third-order valence-corrected chi connectivity index (χ3v) is 5.10. The van der Waals surface area contributed by atoms with Gasteiger partial charge in [0.2, 0.25) is 5.91 Å². The summed E-state index contributed by atoms with van der Waals surface area (Å²) in [7, 11) is 2.13. The molecule has 1 saturated heterocycles. The number of likely N-dealkylation sites (tertiary alicyclic amines) is 1. The summed E-state index contributed by atoms with van der Waals surface area (Å²) in [4.78, 5) is 14.2. The van der Waals surface area contributed by atoms with Gasteiger partial charge in [0.15, 0.2) is 0 Å². The van der Waals surface area contributed by atoms with Crippen molar-refractivity contribution < 1.29 is 9.18 Å². The minimum absolute atomic E-state index is 0.152. The van der Waals surface area contributed by atoms with Crippen molar-refractivity contribution in [2.75, 3.05) is 32.4 Å². The van der Waals surface area contributed by atoms with Gasteiger partial charge in [-0.2, -0.15) is 11.8 Å². The first-order valence-corrected chi connectivity index (χ1v) is 9.07. The quantitative estimate of drug-likeness (QED) is 0.783. The first-order chi connectivity index (χ1) is 10.6. The van der Waals surface area contributed by atoms with Crippen molar-refractivity contribution in [1.82, 2.24) is 10.2 Å². The van der Waals surface area contributed by atoms with E-state index < -0.39 is 0 Å². The lowest BCUT2D eigenvalue weighted by atomic mass is 9.93. The Bertz CT molecular complexity index is 475. The van der Waals surface area contributed by atoms with E-state index in [2.05, 4.69) is 17.3 Å². The molecule has 0 unspecified atom stereocenters. The Labute approximate surface area is 136 Å². The Hall–Kier alpha value is -1.07. The normalized spacial score (nSPS) is 16.6. The maximum absolute atomic E-state index is 13.4. The maximum Gasteiger partial charge on any atom is 0.220 e. The molecular weight excluding hydrogens is 299 g/mol. The van der Waals surface area contributed by atoms with Gasteiger partial charge in [0, 0.05) is 24.5 Å². The van der Waals surface area contributed by atoms with Crippen molar-refractivity contribution in [2.45, 2.75) is 25.0 Å². The molecule has 0 bridgehead atoms. The van der Waals surface area contributed by atoms with Crippen LogP contribution in [0.15, 0.2) is 24.3 Å². The molecule has 22 heavy (non-hydrogen) atoms. The van der Waals surface area contributed by atoms with Crippen LogP contribution in [0.5, 0.6) is 0 Å². The highest BCUT2D eigenvalue weighted by Gasteiger charge is 2.19. The van der Waals surface area contributed by atoms with Crippen molar-refractivity contribution in [3.63, 3.8) is 0 Å². The van der Waals surface area contributed by atoms with Gasteiger partial charge in [-0.25, -0.2) is 4.39 Å². The Morgan fingerprint density at radius 2 is 2.09 bits per heavy atom. The third-order valence-electron chi connectivity index (χ3n) is 4.10. The standard InChI is InChI=1S/C17H25FN2OS/c1-20-9-6-14(7-10-20)12-17(21)19-8-11-22-13-15-4-2-3-5-16(15)18/h2-5,14H,6-13H2,1H3,(H,19,21). The molecule has 1 heterocycles. The molecule has 0 saturated carbocycles. The zero-order valence-corrected chi connectivity index (χ0v) is 14.0. The predicted molar refractivity (Wildman–Crippen MR) is 90.4 cm³/mol. The van der Waals surface area contributed by atoms with Crippen LogP contribution in [0.2, 0.25) is 0 Å². The minimum atomic E-state index is -0.152. The molecule has 5 heteroatoms. The second kappa shape index (κ2) is 9.16. The van der Waals surface area contributed by atoms with Crippen molar-refractivity contribution >= 4 is 17.7 Å². The number of benzene rings is 1. The zero-order chi connectivity index (χ0) is 15.8. The van der Waals surface area contributed by atoms with E-state index in [4.69, 9.17) is 0 Å². The second-order valence-electron chi connectivity index (χ2n) is 5.94. The molecule has 0 aliphatic carbocycles. The lowest BCUT2D eigenvalue weighted by Gasteiger charge is -2.28. The number of thioether (sulfide) groups is 1. The Kier molecular flexibility index (Phi) is 7.19. The number of nitrogens with one attached hydrogen (secondary N) is 1. The molecule has 1 aromatic rings. The first kappa shape index (κ1) is 17.3. The van der Waals surface area contributed by atoms with Crippen LogP contribution in [-0.4, -0.2) is 43.2 Å². The molecule has 122 valence electrons. The third kappa shape index (κ3) is 5.97. The number of carbonyl (C=O) groups excluding carboxylic acids is 1. The van der Waals surface area contributed by atoms with Crippen LogP contribution in [0, 0.1) is 11.7 Å². The number of halogens is 1. The molecule has 1 fully saturated rings. The molecule has 1 aliphatic heterocycles. The van der Waals surface area contributed by atoms with E-state index in [0.717, 1.165) is 37.2 Å². The van der Waals surface area contributed by atoms with Crippen molar-refractivity contribution in [2.24, 2.45) is 5.92 Å². The molecule has 1 aliphatic rings. The summed E-state index contributed by atoms with van der Waals surface area (Å²) in [6.45, 7) is 2.84. The van der Waals surface area contributed by atoms with Gasteiger partial charge in [-0.1, -0.05) is 18.2 Å². The average Bonchev–Trinajstić information content (AvgIpc) is 2.51. The monoisotopic (exact) mass is 324 g/mol. The minimum Gasteiger partial charge on any atom is -0.355 e. The van der Waals surface area contributed by atoms with Gasteiger partial charge in [0.25, 0.3) is 0 Å². The maximum atomic E-state index is 13.4. The lowest BCUT2D eigenvalue weighted by molar-refractivity contribution is -0.122. The summed E-state index contributed by atoms with van der Waals surface area (Å²) in [5.41, 5.74) is 0.727. The Balaban J connectivity index is 1.55. The van der Waals surface area contributed by atoms with Gasteiger partial charge in [0.05, 0.1) is 0 Å². The van der Waals surface area contributed by atoms with Crippen LogP contribution >= 0.6 is 11.8 Å². The number of hydrogen-bond acceptors (Lipinski definition) is 3. The predicted octanol–water partition coefficient (Wildman–Crippen LogP) is 2.91. The number of rotatable bonds is 7. The fraction of sp³-hybridized carbons (Fsp3) is 0.588. The van der Waals surface area contributed by atoms with Crippen LogP contribution < -0.4 is 5.32 Å². The van der Waals surface area contributed by atoms with Gasteiger partial charge in [-0.15, -0.1) is 0 Å². The highest BCUT2D eigenvalue weighted by molar-refractivity contribution is 7.98. The molecule has 0 atom stereocenters. The van der Waals surface area contributed by atoms with E-state index in [1.165, 1.54) is 6.07 Å². The average molecular weight is 324 g/mol. The van der Waals surface area contributed by atoms with Crippen molar-refractivity contribution in [3.8, 4) is 0 Å². The molecule has 1 aromatic carbocycles. The van der Waals surface area contributed by atoms with E-state index >= 15 is 0 Å². The van der Waals surface area contributed by atoms with E-state index in [-0.39, 0.29) is 11.7 Å². The number of hydrogen-bond donors (Lipinski definition) is 1. The van der Waals surface area contributed by atoms with E-state index in [9.17, 15) is 9.18 Å². The number of nitrogens with zero attached hydrogens (tertiary/aromatic N) is 1. The van der Waals surface area contributed by atoms with Crippen LogP contribution in [-0.2, 0) is 10.5 Å². The van der Waals surface area contributed by atoms with Gasteiger partial charge >= 0.3 is 0 Å². The fourth-order valence-electron chi connectivity index (χ4n) is 2.66. The van der Waals surface area contributed by atoms with Gasteiger partial charge in [0.1, 0.15) is 5.82 Å². The summed E-state index contributed by atoms with van der Waals surface area (Å²) in [6, 6.07) is 6.84. The summed E-state index contributed by atoms with van der Waals surface area (Å²) in [6.07, 6.45) is 2.88. The first-order valence-electron chi connectivity index (χ1n) is 7.91. The topological polar surface area (TPSA) is 32.3 Å². The molecule has 3 nitrogen and oxygen atoms in total. The van der Waals surface area contributed by atoms with Gasteiger partial charge in [-0.05, 0) is 50.5 Å². The highest BCUT2D eigenvalue weighted by atomic mass is 32.2. The van der Waals surface area contributed by atoms with E-state index in [1.54, 1.807) is 23.9 Å². The molecular formula is C17H25FN2OS. The molecule has 0 aromatic heterocycles. The van der Waals surface area contributed by atoms with E-state index in [0.29, 0.717) is 24.6 Å². The van der Waals surface area contributed by atoms with Gasteiger partial charge < -0.3 is 10.2 Å². The molecule has 2 rings (SSSR count). The molecule has 1 N–H and O–H groups in total. The van der Waals surface area contributed by atoms with Crippen LogP contribution in [0.25, 0.3) is 0 Å². The fourth-order valence-corrected chi connectivity index (χ4v) is 3.51.